The molecule has 2 aromatic rings. The smallest absolute Gasteiger partial charge is 0.268 e. The van der Waals surface area contributed by atoms with Gasteiger partial charge in [-0.25, -0.2) is 0 Å². The van der Waals surface area contributed by atoms with Crippen molar-refractivity contribution in [3.05, 3.63) is 46.0 Å². The van der Waals surface area contributed by atoms with Gasteiger partial charge in [-0.15, -0.1) is 5.10 Å². The predicted molar refractivity (Wildman–Crippen MR) is 77.6 cm³/mol. The maximum Gasteiger partial charge on any atom is 0.268 e. The SMILES string of the molecule is Cc1nnsc1C(=O)N1CCc2ccccc2C1CN. The Morgan fingerprint density at radius 3 is 3.00 bits per heavy atom. The highest BCUT2D eigenvalue weighted by Gasteiger charge is 2.31. The molecular weight excluding hydrogens is 272 g/mol. The summed E-state index contributed by atoms with van der Waals surface area (Å²) in [4.78, 5) is 15.1. The lowest BCUT2D eigenvalue weighted by molar-refractivity contribution is 0.0672. The summed E-state index contributed by atoms with van der Waals surface area (Å²) in [5.74, 6) is -0.0116. The minimum atomic E-state index is -0.0612. The van der Waals surface area contributed by atoms with Gasteiger partial charge in [0, 0.05) is 13.1 Å². The number of nitrogens with two attached hydrogens (primary N) is 1. The fourth-order valence-electron chi connectivity index (χ4n) is 2.71. The third-order valence-corrected chi connectivity index (χ3v) is 4.56. The van der Waals surface area contributed by atoms with Gasteiger partial charge in [0.2, 0.25) is 0 Å². The normalized spacial score (nSPS) is 17.9. The van der Waals surface area contributed by atoms with Gasteiger partial charge in [0.15, 0.2) is 0 Å². The van der Waals surface area contributed by atoms with Crippen molar-refractivity contribution in [1.29, 1.82) is 0 Å². The number of hydrogen-bond donors (Lipinski definition) is 1. The van der Waals surface area contributed by atoms with Crippen LogP contribution in [0, 0.1) is 6.92 Å². The summed E-state index contributed by atoms with van der Waals surface area (Å²) in [6.45, 7) is 2.93. The number of carbonyl (C=O) groups is 1. The molecule has 1 unspecified atom stereocenters. The van der Waals surface area contributed by atoms with Crippen LogP contribution < -0.4 is 5.73 Å². The first-order valence-corrected chi connectivity index (χ1v) is 7.37. The average Bonchev–Trinajstić information content (AvgIpc) is 2.91. The van der Waals surface area contributed by atoms with Crippen LogP contribution in [0.1, 0.15) is 32.5 Å². The van der Waals surface area contributed by atoms with Gasteiger partial charge in [-0.05, 0) is 36.0 Å². The van der Waals surface area contributed by atoms with Crippen LogP contribution in [0.4, 0.5) is 0 Å². The maximum absolute atomic E-state index is 12.7. The molecule has 0 bridgehead atoms. The number of aromatic nitrogens is 2. The van der Waals surface area contributed by atoms with E-state index in [0.717, 1.165) is 23.5 Å². The van der Waals surface area contributed by atoms with Crippen LogP contribution in [0.25, 0.3) is 0 Å². The van der Waals surface area contributed by atoms with Gasteiger partial charge in [-0.2, -0.15) is 0 Å². The molecule has 0 spiro atoms. The summed E-state index contributed by atoms with van der Waals surface area (Å²) in [6, 6.07) is 8.13. The van der Waals surface area contributed by atoms with Crippen LogP contribution in [-0.4, -0.2) is 33.5 Å². The highest BCUT2D eigenvalue weighted by molar-refractivity contribution is 7.07. The van der Waals surface area contributed by atoms with Crippen LogP contribution in [0.5, 0.6) is 0 Å². The van der Waals surface area contributed by atoms with Gasteiger partial charge in [-0.1, -0.05) is 28.8 Å². The third kappa shape index (κ3) is 2.10. The molecule has 1 aromatic heterocycles. The first kappa shape index (κ1) is 13.2. The first-order valence-electron chi connectivity index (χ1n) is 6.60. The quantitative estimate of drug-likeness (QED) is 0.910. The largest absolute Gasteiger partial charge is 0.329 e. The van der Waals surface area contributed by atoms with E-state index in [9.17, 15) is 4.79 Å². The monoisotopic (exact) mass is 288 g/mol. The van der Waals surface area contributed by atoms with Crippen molar-refractivity contribution in [2.24, 2.45) is 5.73 Å². The van der Waals surface area contributed by atoms with Crippen molar-refractivity contribution in [3.63, 3.8) is 0 Å². The van der Waals surface area contributed by atoms with Crippen LogP contribution in [0.2, 0.25) is 0 Å². The fraction of sp³-hybridized carbons (Fsp3) is 0.357. The summed E-state index contributed by atoms with van der Waals surface area (Å²) in [5.41, 5.74) is 9.05. The maximum atomic E-state index is 12.7. The number of rotatable bonds is 2. The number of aryl methyl sites for hydroxylation is 1. The molecule has 0 saturated carbocycles. The molecule has 0 radical (unpaired) electrons. The zero-order valence-electron chi connectivity index (χ0n) is 11.2. The van der Waals surface area contributed by atoms with Gasteiger partial charge < -0.3 is 10.6 Å². The van der Waals surface area contributed by atoms with E-state index in [2.05, 4.69) is 21.7 Å². The standard InChI is InChI=1S/C14H16N4OS/c1-9-13(20-17-16-9)14(19)18-7-6-10-4-2-3-5-11(10)12(18)8-15/h2-5,12H,6-8,15H2,1H3. The summed E-state index contributed by atoms with van der Waals surface area (Å²) >= 11 is 1.15. The molecule has 1 aliphatic rings. The van der Waals surface area contributed by atoms with Gasteiger partial charge in [0.05, 0.1) is 11.7 Å². The van der Waals surface area contributed by atoms with Crippen molar-refractivity contribution in [1.82, 2.24) is 14.5 Å². The van der Waals surface area contributed by atoms with E-state index >= 15 is 0 Å². The van der Waals surface area contributed by atoms with E-state index in [1.807, 2.05) is 24.0 Å². The Morgan fingerprint density at radius 1 is 1.50 bits per heavy atom. The molecule has 5 nitrogen and oxygen atoms in total. The van der Waals surface area contributed by atoms with Gasteiger partial charge in [-0.3, -0.25) is 4.79 Å². The summed E-state index contributed by atoms with van der Waals surface area (Å²) < 4.78 is 3.85. The van der Waals surface area contributed by atoms with Crippen LogP contribution in [0.15, 0.2) is 24.3 Å². The zero-order chi connectivity index (χ0) is 14.1. The minimum absolute atomic E-state index is 0.0116. The van der Waals surface area contributed by atoms with E-state index in [1.54, 1.807) is 0 Å². The van der Waals surface area contributed by atoms with E-state index in [1.165, 1.54) is 5.56 Å². The Bertz CT molecular complexity index is 640. The molecule has 6 heteroatoms. The lowest BCUT2D eigenvalue weighted by atomic mass is 9.92. The second kappa shape index (κ2) is 5.30. The lowest BCUT2D eigenvalue weighted by Gasteiger charge is -2.36. The topological polar surface area (TPSA) is 72.1 Å². The molecule has 0 saturated heterocycles. The number of hydrogen-bond acceptors (Lipinski definition) is 5. The van der Waals surface area contributed by atoms with Crippen molar-refractivity contribution >= 4 is 17.4 Å². The van der Waals surface area contributed by atoms with Crippen LogP contribution in [-0.2, 0) is 6.42 Å². The third-order valence-electron chi connectivity index (χ3n) is 3.74. The molecule has 1 atom stereocenters. The molecule has 3 rings (SSSR count). The number of benzene rings is 1. The Balaban J connectivity index is 1.96. The number of amides is 1. The molecule has 0 aliphatic carbocycles. The Hall–Kier alpha value is -1.79. The van der Waals surface area contributed by atoms with E-state index < -0.39 is 0 Å². The zero-order valence-corrected chi connectivity index (χ0v) is 12.1. The number of fused-ring (bicyclic) bond motifs is 1. The summed E-state index contributed by atoms with van der Waals surface area (Å²) in [6.07, 6.45) is 0.865. The molecular formula is C14H16N4OS. The van der Waals surface area contributed by atoms with Gasteiger partial charge >= 0.3 is 0 Å². The molecule has 2 N–H and O–H groups in total. The first-order chi connectivity index (χ1) is 9.72. The Morgan fingerprint density at radius 2 is 2.30 bits per heavy atom. The van der Waals surface area contributed by atoms with E-state index in [4.69, 9.17) is 5.73 Å². The summed E-state index contributed by atoms with van der Waals surface area (Å²) in [7, 11) is 0. The van der Waals surface area contributed by atoms with Crippen LogP contribution in [0.3, 0.4) is 0 Å². The summed E-state index contributed by atoms with van der Waals surface area (Å²) in [5, 5.41) is 3.92. The molecule has 20 heavy (non-hydrogen) atoms. The highest BCUT2D eigenvalue weighted by Crippen LogP contribution is 2.30. The fourth-order valence-corrected chi connectivity index (χ4v) is 3.32. The van der Waals surface area contributed by atoms with E-state index in [-0.39, 0.29) is 11.9 Å². The molecule has 1 aliphatic heterocycles. The molecule has 1 amide bonds. The average molecular weight is 288 g/mol. The lowest BCUT2D eigenvalue weighted by Crippen LogP contribution is -2.43. The van der Waals surface area contributed by atoms with Crippen molar-refractivity contribution in [2.75, 3.05) is 13.1 Å². The van der Waals surface area contributed by atoms with Crippen LogP contribution >= 0.6 is 11.5 Å². The van der Waals surface area contributed by atoms with Crippen molar-refractivity contribution < 1.29 is 4.79 Å². The number of carbonyl (C=O) groups excluding carboxylic acids is 1. The van der Waals surface area contributed by atoms with Crippen molar-refractivity contribution in [3.8, 4) is 0 Å². The van der Waals surface area contributed by atoms with Gasteiger partial charge in [0.25, 0.3) is 5.91 Å². The number of nitrogens with zero attached hydrogens (tertiary/aromatic N) is 3. The highest BCUT2D eigenvalue weighted by atomic mass is 32.1. The van der Waals surface area contributed by atoms with Crippen molar-refractivity contribution in [2.45, 2.75) is 19.4 Å². The molecule has 0 fully saturated rings. The van der Waals surface area contributed by atoms with Gasteiger partial charge in [0.1, 0.15) is 4.88 Å². The molecule has 2 heterocycles. The Labute approximate surface area is 121 Å². The Kier molecular flexibility index (Phi) is 3.50. The molecule has 1 aromatic carbocycles. The van der Waals surface area contributed by atoms with E-state index in [0.29, 0.717) is 23.7 Å². The molecule has 104 valence electrons. The second-order valence-corrected chi connectivity index (χ2v) is 5.64. The minimum Gasteiger partial charge on any atom is -0.329 e. The second-order valence-electron chi connectivity index (χ2n) is 4.89. The predicted octanol–water partition coefficient (Wildman–Crippen LogP) is 1.54.